The van der Waals surface area contributed by atoms with Gasteiger partial charge in [0.25, 0.3) is 0 Å². The Morgan fingerprint density at radius 3 is 1.89 bits per heavy atom. The Balaban J connectivity index is 0. The van der Waals surface area contributed by atoms with Crippen molar-refractivity contribution in [1.82, 2.24) is 0 Å². The summed E-state index contributed by atoms with van der Waals surface area (Å²) >= 11 is 9.53. The molecule has 0 saturated carbocycles. The lowest BCUT2D eigenvalue weighted by atomic mass is 10.3. The fourth-order valence-electron chi connectivity index (χ4n) is 0.851. The van der Waals surface area contributed by atoms with Crippen molar-refractivity contribution in [2.75, 3.05) is 11.9 Å². The van der Waals surface area contributed by atoms with Crippen molar-refractivity contribution >= 4 is 52.8 Å². The molecule has 0 unspecified atom stereocenters. The van der Waals surface area contributed by atoms with Crippen LogP contribution in [0.3, 0.4) is 0 Å². The molecule has 1 aromatic rings. The molecule has 8 heteroatoms. The first-order chi connectivity index (χ1) is 8.85. The van der Waals surface area contributed by atoms with Gasteiger partial charge in [0.2, 0.25) is 0 Å². The molecule has 0 aliphatic carbocycles. The van der Waals surface area contributed by atoms with Crippen molar-refractivity contribution in [1.29, 1.82) is 0 Å². The number of hydrogen-bond donors (Lipinski definition) is 0. The summed E-state index contributed by atoms with van der Waals surface area (Å²) in [4.78, 5) is 0. The lowest BCUT2D eigenvalue weighted by Gasteiger charge is -2.03. The Kier molecular flexibility index (Phi) is 16.4. The van der Waals surface area contributed by atoms with Gasteiger partial charge in [-0.25, -0.2) is 0 Å². The summed E-state index contributed by atoms with van der Waals surface area (Å²) in [7, 11) is 4.81. The van der Waals surface area contributed by atoms with Crippen LogP contribution in [0, 0.1) is 0 Å². The van der Waals surface area contributed by atoms with Crippen LogP contribution >= 0.6 is 44.6 Å². The molecule has 112 valence electrons. The number of unbranched alkanes of at least 4 members (excludes halogenated alkanes) is 1. The zero-order valence-corrected chi connectivity index (χ0v) is 14.2. The van der Waals surface area contributed by atoms with Gasteiger partial charge in [-0.1, -0.05) is 31.5 Å². The summed E-state index contributed by atoms with van der Waals surface area (Å²) in [6.07, 6.45) is 2.32. The second-order valence-corrected chi connectivity index (χ2v) is 7.47. The fourth-order valence-corrected chi connectivity index (χ4v) is 0.851. The molecular formula is C11H16Cl4O3S. The molecule has 1 aromatic carbocycles. The van der Waals surface area contributed by atoms with Gasteiger partial charge in [-0.2, -0.15) is 8.42 Å². The van der Waals surface area contributed by atoms with E-state index >= 15 is 0 Å². The van der Waals surface area contributed by atoms with Crippen LogP contribution in [0.25, 0.3) is 0 Å². The van der Waals surface area contributed by atoms with Crippen LogP contribution < -0.4 is 4.74 Å². The Morgan fingerprint density at radius 2 is 1.53 bits per heavy atom. The normalized spacial score (nSPS) is 9.53. The number of rotatable bonds is 4. The van der Waals surface area contributed by atoms with E-state index in [1.807, 2.05) is 30.3 Å². The molecule has 0 fully saturated rings. The molecule has 0 heterocycles. The maximum absolute atomic E-state index is 9.16. The zero-order chi connectivity index (χ0) is 15.1. The molecule has 0 bridgehead atoms. The van der Waals surface area contributed by atoms with Crippen molar-refractivity contribution in [3.05, 3.63) is 30.3 Å². The standard InChI is InChI=1S/C10H14O.CH2Cl2.Cl2O2S/c1-2-3-9-11-10-7-5-4-6-8-10;2-1-3;1-5(2,3)4/h4-8H,2-3,9H2,1H3;1H2;. The van der Waals surface area contributed by atoms with Crippen LogP contribution in [0.2, 0.25) is 0 Å². The molecular weight excluding hydrogens is 354 g/mol. The third kappa shape index (κ3) is 27.4. The van der Waals surface area contributed by atoms with E-state index in [1.54, 1.807) is 0 Å². The first-order valence-electron chi connectivity index (χ1n) is 5.29. The van der Waals surface area contributed by atoms with Crippen molar-refractivity contribution in [2.45, 2.75) is 19.8 Å². The minimum Gasteiger partial charge on any atom is -0.494 e. The highest BCUT2D eigenvalue weighted by atomic mass is 36.0. The topological polar surface area (TPSA) is 43.4 Å². The van der Waals surface area contributed by atoms with Gasteiger partial charge in [-0.3, -0.25) is 0 Å². The van der Waals surface area contributed by atoms with Gasteiger partial charge in [-0.05, 0) is 18.6 Å². The average molecular weight is 370 g/mol. The van der Waals surface area contributed by atoms with Gasteiger partial charge >= 0.3 is 8.26 Å². The van der Waals surface area contributed by atoms with Crippen LogP contribution in [-0.2, 0) is 8.26 Å². The Hall–Kier alpha value is 0.130. The van der Waals surface area contributed by atoms with E-state index in [4.69, 9.17) is 36.4 Å². The minimum absolute atomic E-state index is 0.194. The van der Waals surface area contributed by atoms with Crippen molar-refractivity contribution in [3.8, 4) is 5.75 Å². The number of benzene rings is 1. The number of ether oxygens (including phenoxy) is 1. The highest BCUT2D eigenvalue weighted by Crippen LogP contribution is 2.08. The van der Waals surface area contributed by atoms with Crippen LogP contribution in [0.5, 0.6) is 5.75 Å². The van der Waals surface area contributed by atoms with E-state index in [2.05, 4.69) is 28.3 Å². The van der Waals surface area contributed by atoms with Gasteiger partial charge in [0.1, 0.15) is 5.75 Å². The molecule has 0 N–H and O–H groups in total. The van der Waals surface area contributed by atoms with E-state index in [0.717, 1.165) is 18.8 Å². The van der Waals surface area contributed by atoms with E-state index in [9.17, 15) is 0 Å². The van der Waals surface area contributed by atoms with Crippen LogP contribution in [0.15, 0.2) is 30.3 Å². The fraction of sp³-hybridized carbons (Fsp3) is 0.455. The maximum atomic E-state index is 9.16. The van der Waals surface area contributed by atoms with E-state index in [0.29, 0.717) is 0 Å². The molecule has 0 atom stereocenters. The first-order valence-corrected chi connectivity index (χ1v) is 9.49. The molecule has 3 nitrogen and oxygen atoms in total. The minimum atomic E-state index is -3.72. The second kappa shape index (κ2) is 14.5. The average Bonchev–Trinajstić information content (AvgIpc) is 2.30. The van der Waals surface area contributed by atoms with Gasteiger partial charge in [0.15, 0.2) is 0 Å². The van der Waals surface area contributed by atoms with Crippen LogP contribution in [0.4, 0.5) is 0 Å². The zero-order valence-electron chi connectivity index (χ0n) is 10.4. The molecule has 0 saturated heterocycles. The Labute approximate surface area is 133 Å². The van der Waals surface area contributed by atoms with E-state index < -0.39 is 8.26 Å². The van der Waals surface area contributed by atoms with Crippen LogP contribution in [-0.4, -0.2) is 20.4 Å². The summed E-state index contributed by atoms with van der Waals surface area (Å²) in [5.41, 5.74) is 0. The predicted molar refractivity (Wildman–Crippen MR) is 84.0 cm³/mol. The summed E-state index contributed by atoms with van der Waals surface area (Å²) in [6, 6.07) is 9.93. The van der Waals surface area contributed by atoms with Gasteiger partial charge in [0.05, 0.1) is 11.9 Å². The highest BCUT2D eigenvalue weighted by Gasteiger charge is 1.89. The van der Waals surface area contributed by atoms with Crippen molar-refractivity contribution in [2.24, 2.45) is 0 Å². The summed E-state index contributed by atoms with van der Waals surface area (Å²) in [5.74, 6) is 0.973. The third-order valence-corrected chi connectivity index (χ3v) is 1.51. The second-order valence-electron chi connectivity index (χ2n) is 2.99. The Morgan fingerprint density at radius 1 is 1.11 bits per heavy atom. The summed E-state index contributed by atoms with van der Waals surface area (Å²) < 4.78 is 23.8. The summed E-state index contributed by atoms with van der Waals surface area (Å²) in [6.45, 7) is 2.99. The number of alkyl halides is 2. The molecule has 1 rings (SSSR count). The van der Waals surface area contributed by atoms with Gasteiger partial charge in [-0.15, -0.1) is 23.2 Å². The highest BCUT2D eigenvalue weighted by molar-refractivity contribution is 8.31. The summed E-state index contributed by atoms with van der Waals surface area (Å²) in [5, 5.41) is 0.194. The van der Waals surface area contributed by atoms with E-state index in [-0.39, 0.29) is 5.34 Å². The van der Waals surface area contributed by atoms with E-state index in [1.165, 1.54) is 6.42 Å². The molecule has 0 radical (unpaired) electrons. The number of hydrogen-bond acceptors (Lipinski definition) is 3. The van der Waals surface area contributed by atoms with Gasteiger partial charge < -0.3 is 4.74 Å². The smallest absolute Gasteiger partial charge is 0.317 e. The SMILES string of the molecule is CCCCOc1ccccc1.ClCCl.O=S(=O)(Cl)Cl. The lowest BCUT2D eigenvalue weighted by Crippen LogP contribution is -1.95. The Bertz CT molecular complexity index is 376. The molecule has 0 amide bonds. The molecule has 0 aliphatic rings. The quantitative estimate of drug-likeness (QED) is 0.426. The molecule has 0 spiro atoms. The monoisotopic (exact) mass is 368 g/mol. The number of para-hydroxylation sites is 1. The van der Waals surface area contributed by atoms with Gasteiger partial charge in [0, 0.05) is 21.4 Å². The molecule has 0 aromatic heterocycles. The largest absolute Gasteiger partial charge is 0.494 e. The third-order valence-electron chi connectivity index (χ3n) is 1.51. The lowest BCUT2D eigenvalue weighted by molar-refractivity contribution is 0.309. The molecule has 0 aliphatic heterocycles. The first kappa shape index (κ1) is 21.4. The van der Waals surface area contributed by atoms with Crippen molar-refractivity contribution < 1.29 is 13.2 Å². The van der Waals surface area contributed by atoms with Crippen molar-refractivity contribution in [3.63, 3.8) is 0 Å². The molecule has 19 heavy (non-hydrogen) atoms. The maximum Gasteiger partial charge on any atom is 0.317 e. The number of halogens is 4. The predicted octanol–water partition coefficient (Wildman–Crippen LogP) is 5.00. The van der Waals surface area contributed by atoms with Crippen LogP contribution in [0.1, 0.15) is 19.8 Å².